The second kappa shape index (κ2) is 7.10. The standard InChI is InChI=1S/C12H13NO7/c14-9(11(17)18)8(10(15)16)13-12(19)20-6-7-4-2-1-3-5-7/h1-5,8-9,14H,6H2,(H,13,19)(H,15,16)(H,17,18)/t8-,9?/m0/s1. The molecule has 1 rings (SSSR count). The molecule has 1 aromatic rings. The van der Waals surface area contributed by atoms with Crippen molar-refractivity contribution in [1.82, 2.24) is 5.32 Å². The van der Waals surface area contributed by atoms with E-state index in [-0.39, 0.29) is 6.61 Å². The smallest absolute Gasteiger partial charge is 0.408 e. The van der Waals surface area contributed by atoms with Crippen LogP contribution in [0.5, 0.6) is 0 Å². The molecule has 4 N–H and O–H groups in total. The number of hydrogen-bond acceptors (Lipinski definition) is 5. The Morgan fingerprint density at radius 1 is 1.10 bits per heavy atom. The molecule has 0 aromatic heterocycles. The molecule has 0 fully saturated rings. The summed E-state index contributed by atoms with van der Waals surface area (Å²) in [5.74, 6) is -3.45. The van der Waals surface area contributed by atoms with Gasteiger partial charge in [-0.15, -0.1) is 0 Å². The van der Waals surface area contributed by atoms with Gasteiger partial charge in [-0.05, 0) is 5.56 Å². The second-order valence-corrected chi connectivity index (χ2v) is 3.81. The molecule has 0 radical (unpaired) electrons. The number of aliphatic carboxylic acids is 2. The molecule has 8 nitrogen and oxygen atoms in total. The predicted molar refractivity (Wildman–Crippen MR) is 64.8 cm³/mol. The molecule has 0 bridgehead atoms. The molecule has 0 saturated heterocycles. The van der Waals surface area contributed by atoms with Crippen LogP contribution in [0.2, 0.25) is 0 Å². The summed E-state index contributed by atoms with van der Waals surface area (Å²) in [5, 5.41) is 28.2. The summed E-state index contributed by atoms with van der Waals surface area (Å²) in [6.45, 7) is -0.109. The van der Waals surface area contributed by atoms with Gasteiger partial charge in [-0.1, -0.05) is 30.3 Å². The molecule has 0 heterocycles. The van der Waals surface area contributed by atoms with Crippen LogP contribution < -0.4 is 5.32 Å². The van der Waals surface area contributed by atoms with Crippen LogP contribution in [0.4, 0.5) is 4.79 Å². The van der Waals surface area contributed by atoms with E-state index in [1.54, 1.807) is 35.6 Å². The lowest BCUT2D eigenvalue weighted by atomic mass is 10.1. The maximum atomic E-state index is 11.4. The van der Waals surface area contributed by atoms with Crippen LogP contribution >= 0.6 is 0 Å². The van der Waals surface area contributed by atoms with Gasteiger partial charge < -0.3 is 25.4 Å². The van der Waals surface area contributed by atoms with Crippen molar-refractivity contribution in [1.29, 1.82) is 0 Å². The van der Waals surface area contributed by atoms with Gasteiger partial charge in [0.15, 0.2) is 12.1 Å². The van der Waals surface area contributed by atoms with E-state index in [0.717, 1.165) is 0 Å². The molecule has 0 saturated carbocycles. The maximum absolute atomic E-state index is 11.4. The van der Waals surface area contributed by atoms with Crippen LogP contribution in [0.3, 0.4) is 0 Å². The van der Waals surface area contributed by atoms with E-state index in [9.17, 15) is 14.4 Å². The van der Waals surface area contributed by atoms with Gasteiger partial charge >= 0.3 is 18.0 Å². The van der Waals surface area contributed by atoms with Crippen molar-refractivity contribution >= 4 is 18.0 Å². The third-order valence-electron chi connectivity index (χ3n) is 2.32. The molecule has 1 amide bonds. The molecule has 0 aliphatic carbocycles. The van der Waals surface area contributed by atoms with Gasteiger partial charge in [-0.25, -0.2) is 14.4 Å². The number of amides is 1. The van der Waals surface area contributed by atoms with Crippen LogP contribution in [0.1, 0.15) is 5.56 Å². The third-order valence-corrected chi connectivity index (χ3v) is 2.32. The van der Waals surface area contributed by atoms with Crippen LogP contribution in [-0.4, -0.2) is 45.5 Å². The Bertz CT molecular complexity index is 488. The highest BCUT2D eigenvalue weighted by atomic mass is 16.5. The van der Waals surface area contributed by atoms with Gasteiger partial charge in [0.1, 0.15) is 6.61 Å². The normalized spacial score (nSPS) is 13.1. The lowest BCUT2D eigenvalue weighted by Crippen LogP contribution is -2.51. The van der Waals surface area contributed by atoms with Gasteiger partial charge in [0.25, 0.3) is 0 Å². The van der Waals surface area contributed by atoms with Gasteiger partial charge in [-0.2, -0.15) is 0 Å². The molecule has 1 unspecified atom stereocenters. The maximum Gasteiger partial charge on any atom is 0.408 e. The largest absolute Gasteiger partial charge is 0.480 e. The summed E-state index contributed by atoms with van der Waals surface area (Å²) in [4.78, 5) is 32.6. The predicted octanol–water partition coefficient (Wildman–Crippen LogP) is -0.189. The fourth-order valence-electron chi connectivity index (χ4n) is 1.31. The summed E-state index contributed by atoms with van der Waals surface area (Å²) in [6, 6.07) is 6.61. The fraction of sp³-hybridized carbons (Fsp3) is 0.250. The summed E-state index contributed by atoms with van der Waals surface area (Å²) >= 11 is 0. The van der Waals surface area contributed by atoms with Gasteiger partial charge in [-0.3, -0.25) is 0 Å². The number of benzene rings is 1. The number of carbonyl (C=O) groups excluding carboxylic acids is 1. The van der Waals surface area contributed by atoms with Crippen molar-refractivity contribution in [2.24, 2.45) is 0 Å². The van der Waals surface area contributed by atoms with E-state index in [1.807, 2.05) is 0 Å². The first-order valence-electron chi connectivity index (χ1n) is 5.52. The first-order valence-corrected chi connectivity index (χ1v) is 5.52. The average molecular weight is 283 g/mol. The van der Waals surface area contributed by atoms with E-state index in [4.69, 9.17) is 20.1 Å². The van der Waals surface area contributed by atoms with Crippen LogP contribution in [0.15, 0.2) is 30.3 Å². The van der Waals surface area contributed by atoms with Gasteiger partial charge in [0.2, 0.25) is 0 Å². The highest BCUT2D eigenvalue weighted by Crippen LogP contribution is 2.02. The molecular weight excluding hydrogens is 270 g/mol. The van der Waals surface area contributed by atoms with Crippen molar-refractivity contribution in [3.05, 3.63) is 35.9 Å². The molecule has 2 atom stereocenters. The Morgan fingerprint density at radius 2 is 1.70 bits per heavy atom. The minimum atomic E-state index is -2.27. The van der Waals surface area contributed by atoms with Crippen LogP contribution in [-0.2, 0) is 20.9 Å². The molecule has 20 heavy (non-hydrogen) atoms. The van der Waals surface area contributed by atoms with Crippen molar-refractivity contribution in [3.63, 3.8) is 0 Å². The number of nitrogens with one attached hydrogen (secondary N) is 1. The number of aliphatic hydroxyl groups excluding tert-OH is 1. The number of aliphatic hydroxyl groups is 1. The van der Waals surface area contributed by atoms with E-state index < -0.39 is 30.2 Å². The highest BCUT2D eigenvalue weighted by Gasteiger charge is 2.33. The van der Waals surface area contributed by atoms with Crippen molar-refractivity contribution in [3.8, 4) is 0 Å². The highest BCUT2D eigenvalue weighted by molar-refractivity contribution is 5.87. The van der Waals surface area contributed by atoms with E-state index in [0.29, 0.717) is 5.56 Å². The molecule has 1 aromatic carbocycles. The lowest BCUT2D eigenvalue weighted by Gasteiger charge is -2.17. The lowest BCUT2D eigenvalue weighted by molar-refractivity contribution is -0.155. The fourth-order valence-corrected chi connectivity index (χ4v) is 1.31. The molecule has 0 aliphatic heterocycles. The Kier molecular flexibility index (Phi) is 5.48. The SMILES string of the molecule is O=C(N[C@H](C(=O)O)C(O)C(=O)O)OCc1ccccc1. The van der Waals surface area contributed by atoms with E-state index in [1.165, 1.54) is 0 Å². The van der Waals surface area contributed by atoms with Crippen LogP contribution in [0.25, 0.3) is 0 Å². The number of rotatable bonds is 6. The minimum Gasteiger partial charge on any atom is -0.480 e. The number of alkyl carbamates (subject to hydrolysis) is 1. The quantitative estimate of drug-likeness (QED) is 0.568. The van der Waals surface area contributed by atoms with E-state index in [2.05, 4.69) is 0 Å². The number of carboxylic acids is 2. The van der Waals surface area contributed by atoms with Gasteiger partial charge in [0.05, 0.1) is 0 Å². The first kappa shape index (κ1) is 15.4. The Hall–Kier alpha value is -2.61. The zero-order valence-corrected chi connectivity index (χ0v) is 10.2. The summed E-state index contributed by atoms with van der Waals surface area (Å²) in [6.07, 6.45) is -3.40. The zero-order valence-electron chi connectivity index (χ0n) is 10.2. The number of carbonyl (C=O) groups is 3. The third kappa shape index (κ3) is 4.58. The molecular formula is C12H13NO7. The molecule has 0 spiro atoms. The van der Waals surface area contributed by atoms with Crippen LogP contribution in [0, 0.1) is 0 Å². The Balaban J connectivity index is 2.54. The number of hydrogen-bond donors (Lipinski definition) is 4. The molecule has 108 valence electrons. The summed E-state index contributed by atoms with van der Waals surface area (Å²) < 4.78 is 4.72. The second-order valence-electron chi connectivity index (χ2n) is 3.81. The average Bonchev–Trinajstić information content (AvgIpc) is 2.42. The summed E-state index contributed by atoms with van der Waals surface area (Å²) in [7, 11) is 0. The van der Waals surface area contributed by atoms with Gasteiger partial charge in [0, 0.05) is 0 Å². The monoisotopic (exact) mass is 283 g/mol. The number of carboxylic acid groups (broad SMARTS) is 2. The van der Waals surface area contributed by atoms with Crippen molar-refractivity contribution in [2.75, 3.05) is 0 Å². The Labute approximate surface area is 113 Å². The topological polar surface area (TPSA) is 133 Å². The molecule has 8 heteroatoms. The molecule has 0 aliphatic rings. The summed E-state index contributed by atoms with van der Waals surface area (Å²) in [5.41, 5.74) is 0.674. The van der Waals surface area contributed by atoms with Crippen molar-refractivity contribution in [2.45, 2.75) is 18.8 Å². The number of ether oxygens (including phenoxy) is 1. The first-order chi connectivity index (χ1) is 9.41. The Morgan fingerprint density at radius 3 is 2.20 bits per heavy atom. The minimum absolute atomic E-state index is 0.109. The zero-order chi connectivity index (χ0) is 15.1. The van der Waals surface area contributed by atoms with Crippen molar-refractivity contribution < 1.29 is 34.4 Å². The van der Waals surface area contributed by atoms with E-state index >= 15 is 0 Å².